The fraction of sp³-hybridized carbons (Fsp3) is 0.429. The van der Waals surface area contributed by atoms with Gasteiger partial charge in [0.05, 0.1) is 11.8 Å². The number of thiazole rings is 1. The summed E-state index contributed by atoms with van der Waals surface area (Å²) in [4.78, 5) is 17.0. The number of fused-ring (bicyclic) bond motifs is 1. The molecule has 1 amide bonds. The van der Waals surface area contributed by atoms with Crippen LogP contribution in [0.1, 0.15) is 31.4 Å². The summed E-state index contributed by atoms with van der Waals surface area (Å²) >= 11 is 7.56. The first-order valence-corrected chi connectivity index (χ1v) is 8.17. The van der Waals surface area contributed by atoms with Crippen LogP contribution in [0.2, 0.25) is 5.15 Å². The minimum Gasteiger partial charge on any atom is -0.393 e. The van der Waals surface area contributed by atoms with Crippen LogP contribution in [0.25, 0.3) is 11.0 Å². The normalized spacial score (nSPS) is 23.0. The third-order valence-electron chi connectivity index (χ3n) is 3.69. The molecule has 21 heavy (non-hydrogen) atoms. The van der Waals surface area contributed by atoms with E-state index in [-0.39, 0.29) is 18.1 Å². The Bertz CT molecular complexity index is 671. The Balaban J connectivity index is 1.64. The first-order chi connectivity index (χ1) is 10.1. The lowest BCUT2D eigenvalue weighted by Crippen LogP contribution is -2.37. The van der Waals surface area contributed by atoms with Crippen molar-refractivity contribution in [2.24, 2.45) is 0 Å². The van der Waals surface area contributed by atoms with E-state index in [1.165, 1.54) is 17.4 Å². The molecule has 2 heterocycles. The predicted octanol–water partition coefficient (Wildman–Crippen LogP) is 2.48. The van der Waals surface area contributed by atoms with Crippen LogP contribution in [0.15, 0.2) is 17.7 Å². The number of nitrogens with zero attached hydrogens (tertiary/aromatic N) is 2. The molecule has 2 aromatic heterocycles. The summed E-state index contributed by atoms with van der Waals surface area (Å²) in [7, 11) is 0. The van der Waals surface area contributed by atoms with E-state index in [2.05, 4.69) is 10.3 Å². The van der Waals surface area contributed by atoms with Gasteiger partial charge in [-0.3, -0.25) is 9.20 Å². The molecule has 112 valence electrons. The van der Waals surface area contributed by atoms with Crippen LogP contribution >= 0.6 is 22.9 Å². The van der Waals surface area contributed by atoms with E-state index in [0.717, 1.165) is 30.6 Å². The number of carbonyl (C=O) groups excluding carboxylic acids is 1. The lowest BCUT2D eigenvalue weighted by atomic mass is 9.93. The maximum Gasteiger partial charge on any atom is 0.244 e. The van der Waals surface area contributed by atoms with Crippen molar-refractivity contribution in [2.45, 2.75) is 37.8 Å². The SMILES string of the molecule is O=C(/C=C/c1c(Cl)nc2sccn12)NC1CCC(O)CC1. The van der Waals surface area contributed by atoms with Crippen molar-refractivity contribution in [1.29, 1.82) is 0 Å². The molecule has 0 atom stereocenters. The van der Waals surface area contributed by atoms with Crippen molar-refractivity contribution in [3.05, 3.63) is 28.5 Å². The second-order valence-electron chi connectivity index (χ2n) is 5.19. The highest BCUT2D eigenvalue weighted by atomic mass is 35.5. The number of hydrogen-bond acceptors (Lipinski definition) is 4. The highest BCUT2D eigenvalue weighted by molar-refractivity contribution is 7.15. The summed E-state index contributed by atoms with van der Waals surface area (Å²) < 4.78 is 1.85. The van der Waals surface area contributed by atoms with E-state index in [1.54, 1.807) is 6.08 Å². The molecule has 1 aliphatic carbocycles. The van der Waals surface area contributed by atoms with E-state index in [1.807, 2.05) is 16.0 Å². The van der Waals surface area contributed by atoms with Gasteiger partial charge < -0.3 is 10.4 Å². The summed E-state index contributed by atoms with van der Waals surface area (Å²) in [5.41, 5.74) is 0.710. The lowest BCUT2D eigenvalue weighted by molar-refractivity contribution is -0.117. The van der Waals surface area contributed by atoms with E-state index < -0.39 is 0 Å². The fourth-order valence-electron chi connectivity index (χ4n) is 2.55. The Morgan fingerprint density at radius 3 is 3.00 bits per heavy atom. The van der Waals surface area contributed by atoms with Gasteiger partial charge in [-0.1, -0.05) is 11.6 Å². The standard InChI is InChI=1S/C14H16ClN3O2S/c15-13-11(18-7-8-21-14(18)17-13)5-6-12(20)16-9-1-3-10(19)4-2-9/h5-10,19H,1-4H2,(H,16,20)/b6-5+. The van der Waals surface area contributed by atoms with E-state index in [9.17, 15) is 9.90 Å². The molecule has 2 aromatic rings. The molecular weight excluding hydrogens is 310 g/mol. The van der Waals surface area contributed by atoms with Gasteiger partial charge in [0.15, 0.2) is 10.1 Å². The van der Waals surface area contributed by atoms with Gasteiger partial charge in [-0.25, -0.2) is 4.98 Å². The van der Waals surface area contributed by atoms with E-state index >= 15 is 0 Å². The van der Waals surface area contributed by atoms with Crippen molar-refractivity contribution in [1.82, 2.24) is 14.7 Å². The topological polar surface area (TPSA) is 66.6 Å². The maximum absolute atomic E-state index is 11.9. The maximum atomic E-state index is 11.9. The zero-order valence-electron chi connectivity index (χ0n) is 11.3. The zero-order chi connectivity index (χ0) is 14.8. The van der Waals surface area contributed by atoms with Gasteiger partial charge in [0, 0.05) is 23.7 Å². The van der Waals surface area contributed by atoms with Crippen LogP contribution in [0, 0.1) is 0 Å². The largest absolute Gasteiger partial charge is 0.393 e. The number of imidazole rings is 1. The monoisotopic (exact) mass is 325 g/mol. The number of carbonyl (C=O) groups is 1. The van der Waals surface area contributed by atoms with Gasteiger partial charge >= 0.3 is 0 Å². The van der Waals surface area contributed by atoms with Crippen molar-refractivity contribution < 1.29 is 9.90 Å². The average molecular weight is 326 g/mol. The summed E-state index contributed by atoms with van der Waals surface area (Å²) in [6.45, 7) is 0. The third kappa shape index (κ3) is 3.28. The van der Waals surface area contributed by atoms with Crippen LogP contribution in [0.5, 0.6) is 0 Å². The molecule has 3 rings (SSSR count). The van der Waals surface area contributed by atoms with Gasteiger partial charge in [0.1, 0.15) is 0 Å². The van der Waals surface area contributed by atoms with Gasteiger partial charge in [-0.05, 0) is 31.8 Å². The fourth-order valence-corrected chi connectivity index (χ4v) is 3.56. The molecule has 0 saturated heterocycles. The molecule has 1 aliphatic rings. The first kappa shape index (κ1) is 14.6. The van der Waals surface area contributed by atoms with Crippen LogP contribution in [-0.2, 0) is 4.79 Å². The molecule has 0 bridgehead atoms. The van der Waals surface area contributed by atoms with Crippen LogP contribution in [-0.4, -0.2) is 32.5 Å². The number of amides is 1. The molecule has 5 nitrogen and oxygen atoms in total. The number of nitrogens with one attached hydrogen (secondary N) is 1. The molecule has 1 saturated carbocycles. The number of halogens is 1. The van der Waals surface area contributed by atoms with E-state index in [0.29, 0.717) is 10.8 Å². The molecule has 7 heteroatoms. The molecule has 1 fully saturated rings. The highest BCUT2D eigenvalue weighted by Crippen LogP contribution is 2.22. The zero-order valence-corrected chi connectivity index (χ0v) is 12.9. The minimum absolute atomic E-state index is 0.141. The van der Waals surface area contributed by atoms with Gasteiger partial charge in [-0.15, -0.1) is 11.3 Å². The summed E-state index contributed by atoms with van der Waals surface area (Å²) in [5.74, 6) is -0.141. The van der Waals surface area contributed by atoms with Crippen molar-refractivity contribution >= 4 is 39.9 Å². The Labute approximate surface area is 131 Å². The van der Waals surface area contributed by atoms with E-state index in [4.69, 9.17) is 11.6 Å². The number of aliphatic hydroxyl groups excluding tert-OH is 1. The van der Waals surface area contributed by atoms with Crippen molar-refractivity contribution in [3.63, 3.8) is 0 Å². The quantitative estimate of drug-likeness (QED) is 0.852. The Morgan fingerprint density at radius 1 is 1.48 bits per heavy atom. The van der Waals surface area contributed by atoms with Crippen molar-refractivity contribution in [2.75, 3.05) is 0 Å². The number of aromatic nitrogens is 2. The van der Waals surface area contributed by atoms with Gasteiger partial charge in [-0.2, -0.15) is 0 Å². The molecule has 0 spiro atoms. The molecule has 0 unspecified atom stereocenters. The van der Waals surface area contributed by atoms with Gasteiger partial charge in [0.2, 0.25) is 5.91 Å². The second-order valence-corrected chi connectivity index (χ2v) is 6.42. The van der Waals surface area contributed by atoms with Crippen molar-refractivity contribution in [3.8, 4) is 0 Å². The number of rotatable bonds is 3. The van der Waals surface area contributed by atoms with Crippen LogP contribution in [0.4, 0.5) is 0 Å². The minimum atomic E-state index is -0.217. The molecular formula is C14H16ClN3O2S. The summed E-state index contributed by atoms with van der Waals surface area (Å²) in [5, 5.41) is 14.7. The average Bonchev–Trinajstić information content (AvgIpc) is 3.00. The summed E-state index contributed by atoms with van der Waals surface area (Å²) in [6.07, 6.45) is 7.97. The number of hydrogen-bond donors (Lipinski definition) is 2. The molecule has 0 aromatic carbocycles. The molecule has 0 radical (unpaired) electrons. The Morgan fingerprint density at radius 2 is 2.24 bits per heavy atom. The Kier molecular flexibility index (Phi) is 4.28. The van der Waals surface area contributed by atoms with Crippen LogP contribution in [0.3, 0.4) is 0 Å². The molecule has 2 N–H and O–H groups in total. The predicted molar refractivity (Wildman–Crippen MR) is 83.5 cm³/mol. The second kappa shape index (κ2) is 6.17. The smallest absolute Gasteiger partial charge is 0.244 e. The first-order valence-electron chi connectivity index (χ1n) is 6.91. The van der Waals surface area contributed by atoms with Gasteiger partial charge in [0.25, 0.3) is 0 Å². The summed E-state index contributed by atoms with van der Waals surface area (Å²) in [6, 6.07) is 0.146. The molecule has 0 aliphatic heterocycles. The lowest BCUT2D eigenvalue weighted by Gasteiger charge is -2.25. The third-order valence-corrected chi connectivity index (χ3v) is 4.72. The number of aliphatic hydroxyl groups is 1. The highest BCUT2D eigenvalue weighted by Gasteiger charge is 2.20. The Hall–Kier alpha value is -1.37. The van der Waals surface area contributed by atoms with Crippen LogP contribution < -0.4 is 5.32 Å².